The molecule has 0 N–H and O–H groups in total. The summed E-state index contributed by atoms with van der Waals surface area (Å²) in [5.41, 5.74) is 13.2. The Kier molecular flexibility index (Phi) is 6.43. The van der Waals surface area contributed by atoms with Crippen molar-refractivity contribution in [3.05, 3.63) is 188 Å². The third kappa shape index (κ3) is 4.49. The van der Waals surface area contributed by atoms with E-state index < -0.39 is 0 Å². The number of benzene rings is 8. The molecule has 0 saturated heterocycles. The molecule has 0 fully saturated rings. The average molecular weight is 680 g/mol. The topological polar surface area (TPSA) is 26.2 Å². The van der Waals surface area contributed by atoms with Crippen molar-refractivity contribution in [2.24, 2.45) is 0 Å². The molecule has 0 amide bonds. The molecule has 8 aromatic carbocycles. The van der Waals surface area contributed by atoms with Crippen molar-refractivity contribution in [1.29, 1.82) is 0 Å². The summed E-state index contributed by atoms with van der Waals surface area (Å²) in [6.45, 7) is 2.21. The first-order valence-corrected chi connectivity index (χ1v) is 18.1. The Morgan fingerprint density at radius 2 is 0.887 bits per heavy atom. The molecule has 0 saturated carbocycles. The Labute approximate surface area is 306 Å². The van der Waals surface area contributed by atoms with Crippen LogP contribution in [-0.4, -0.2) is 9.13 Å². The maximum Gasteiger partial charge on any atom is 0.137 e. The van der Waals surface area contributed by atoms with E-state index in [-0.39, 0.29) is 0 Å². The van der Waals surface area contributed by atoms with E-state index in [1.807, 2.05) is 0 Å². The van der Waals surface area contributed by atoms with E-state index in [4.69, 9.17) is 4.42 Å². The zero-order valence-electron chi connectivity index (χ0n) is 29.1. The fraction of sp³-hybridized carbons (Fsp3) is 0.0204. The van der Waals surface area contributed by atoms with Crippen molar-refractivity contribution < 1.29 is 4.42 Å². The molecule has 11 aromatic rings. The van der Waals surface area contributed by atoms with E-state index in [0.717, 1.165) is 50.4 Å². The molecule has 3 heterocycles. The van der Waals surface area contributed by atoms with Crippen molar-refractivity contribution >= 4 is 82.6 Å². The Morgan fingerprint density at radius 3 is 1.45 bits per heavy atom. The van der Waals surface area contributed by atoms with E-state index >= 15 is 0 Å². The largest absolute Gasteiger partial charge is 0.456 e. The lowest BCUT2D eigenvalue weighted by Gasteiger charge is -2.27. The fourth-order valence-corrected chi connectivity index (χ4v) is 8.47. The van der Waals surface area contributed by atoms with Crippen LogP contribution in [0, 0.1) is 6.92 Å². The van der Waals surface area contributed by atoms with Crippen molar-refractivity contribution in [2.75, 3.05) is 4.90 Å². The smallest absolute Gasteiger partial charge is 0.137 e. The average Bonchev–Trinajstić information content (AvgIpc) is 3.86. The van der Waals surface area contributed by atoms with Gasteiger partial charge < -0.3 is 18.5 Å². The summed E-state index contributed by atoms with van der Waals surface area (Å²) < 4.78 is 11.3. The van der Waals surface area contributed by atoms with Crippen molar-refractivity contribution in [3.8, 4) is 11.4 Å². The number of aryl methyl sites for hydroxylation is 1. The lowest BCUT2D eigenvalue weighted by atomic mass is 10.1. The zero-order chi connectivity index (χ0) is 35.0. The molecule has 0 aliphatic heterocycles. The summed E-state index contributed by atoms with van der Waals surface area (Å²) >= 11 is 0. The van der Waals surface area contributed by atoms with Gasteiger partial charge in [0.25, 0.3) is 0 Å². The van der Waals surface area contributed by atoms with Crippen molar-refractivity contribution in [1.82, 2.24) is 9.13 Å². The standard InChI is InChI=1S/C49H33N3O/c1-32-29-34(51-44-19-9-5-15-37(44)38-16-6-10-20-45(38)51)24-27-43(32)50(33-13-3-2-4-14-33)36-23-26-41-42-30-35(25-28-48(42)53-49(41)31-36)52-46-21-11-7-17-39(46)40-18-8-12-22-47(40)52/h2-31H,1H3. The first-order chi connectivity index (χ1) is 26.2. The van der Waals surface area contributed by atoms with Crippen molar-refractivity contribution in [2.45, 2.75) is 6.92 Å². The number of anilines is 3. The number of furan rings is 1. The Morgan fingerprint density at radius 1 is 0.377 bits per heavy atom. The number of aromatic nitrogens is 2. The Balaban J connectivity index is 1.05. The second-order valence-corrected chi connectivity index (χ2v) is 13.8. The molecular weight excluding hydrogens is 647 g/mol. The molecule has 0 atom stereocenters. The predicted octanol–water partition coefficient (Wildman–Crippen LogP) is 13.6. The molecule has 3 aromatic heterocycles. The number of nitrogens with zero attached hydrogens (tertiary/aromatic N) is 3. The number of fused-ring (bicyclic) bond motifs is 9. The maximum atomic E-state index is 6.60. The van der Waals surface area contributed by atoms with Gasteiger partial charge in [-0.2, -0.15) is 0 Å². The third-order valence-corrected chi connectivity index (χ3v) is 10.8. The molecule has 0 aliphatic carbocycles. The molecule has 0 aliphatic rings. The van der Waals surface area contributed by atoms with E-state index in [1.54, 1.807) is 0 Å². The van der Waals surface area contributed by atoms with E-state index in [2.05, 4.69) is 203 Å². The monoisotopic (exact) mass is 679 g/mol. The third-order valence-electron chi connectivity index (χ3n) is 10.8. The van der Waals surface area contributed by atoms with Gasteiger partial charge in [0.1, 0.15) is 11.2 Å². The van der Waals surface area contributed by atoms with Crippen molar-refractivity contribution in [3.63, 3.8) is 0 Å². The van der Waals surface area contributed by atoms with E-state index in [1.165, 1.54) is 49.2 Å². The lowest BCUT2D eigenvalue weighted by molar-refractivity contribution is 0.669. The van der Waals surface area contributed by atoms with Crippen LogP contribution < -0.4 is 4.90 Å². The van der Waals surface area contributed by atoms with E-state index in [0.29, 0.717) is 0 Å². The van der Waals surface area contributed by atoms with Crippen LogP contribution in [0.25, 0.3) is 76.9 Å². The highest BCUT2D eigenvalue weighted by Crippen LogP contribution is 2.42. The molecule has 11 rings (SSSR count). The summed E-state index contributed by atoms with van der Waals surface area (Å²) in [5.74, 6) is 0. The van der Waals surface area contributed by atoms with Gasteiger partial charge in [-0.3, -0.25) is 0 Å². The minimum absolute atomic E-state index is 0.859. The van der Waals surface area contributed by atoms with Gasteiger partial charge in [-0.25, -0.2) is 0 Å². The lowest BCUT2D eigenvalue weighted by Crippen LogP contribution is -2.11. The normalized spacial score (nSPS) is 11.9. The Bertz CT molecular complexity index is 3090. The number of para-hydroxylation sites is 5. The summed E-state index contributed by atoms with van der Waals surface area (Å²) in [6, 6.07) is 65.2. The SMILES string of the molecule is Cc1cc(-n2c3ccccc3c3ccccc32)ccc1N(c1ccccc1)c1ccc2c(c1)oc1ccc(-n3c4ccccc4c4ccccc43)cc12. The highest BCUT2D eigenvalue weighted by atomic mass is 16.3. The van der Waals surface area contributed by atoms with Gasteiger partial charge in [0.05, 0.1) is 22.1 Å². The van der Waals surface area contributed by atoms with Crippen LogP contribution in [0.5, 0.6) is 0 Å². The highest BCUT2D eigenvalue weighted by Gasteiger charge is 2.20. The van der Waals surface area contributed by atoms with Gasteiger partial charge in [0.15, 0.2) is 0 Å². The molecule has 53 heavy (non-hydrogen) atoms. The van der Waals surface area contributed by atoms with Gasteiger partial charge >= 0.3 is 0 Å². The van der Waals surface area contributed by atoms with Gasteiger partial charge in [-0.1, -0.05) is 91.0 Å². The summed E-state index contributed by atoms with van der Waals surface area (Å²) in [4.78, 5) is 2.33. The zero-order valence-corrected chi connectivity index (χ0v) is 29.1. The van der Waals surface area contributed by atoms with Gasteiger partial charge in [-0.15, -0.1) is 0 Å². The first kappa shape index (κ1) is 29.7. The van der Waals surface area contributed by atoms with Gasteiger partial charge in [-0.05, 0) is 97.4 Å². The second kappa shape index (κ2) is 11.5. The quantitative estimate of drug-likeness (QED) is 0.181. The molecule has 0 spiro atoms. The number of hydrogen-bond donors (Lipinski definition) is 0. The van der Waals surface area contributed by atoms with Crippen LogP contribution in [0.2, 0.25) is 0 Å². The molecule has 4 nitrogen and oxygen atoms in total. The molecule has 0 bridgehead atoms. The summed E-state index contributed by atoms with van der Waals surface area (Å²) in [5, 5.41) is 7.23. The fourth-order valence-electron chi connectivity index (χ4n) is 8.47. The van der Waals surface area contributed by atoms with Gasteiger partial charge in [0.2, 0.25) is 0 Å². The van der Waals surface area contributed by atoms with Crippen LogP contribution in [-0.2, 0) is 0 Å². The molecular formula is C49H33N3O. The predicted molar refractivity (Wildman–Crippen MR) is 222 cm³/mol. The second-order valence-electron chi connectivity index (χ2n) is 13.8. The summed E-state index contributed by atoms with van der Waals surface area (Å²) in [7, 11) is 0. The maximum absolute atomic E-state index is 6.60. The van der Waals surface area contributed by atoms with E-state index in [9.17, 15) is 0 Å². The van der Waals surface area contributed by atoms with Crippen LogP contribution >= 0.6 is 0 Å². The number of rotatable bonds is 5. The minimum Gasteiger partial charge on any atom is -0.456 e. The minimum atomic E-state index is 0.859. The van der Waals surface area contributed by atoms with Crippen LogP contribution in [0.4, 0.5) is 17.1 Å². The number of hydrogen-bond acceptors (Lipinski definition) is 2. The van der Waals surface area contributed by atoms with Crippen LogP contribution in [0.1, 0.15) is 5.56 Å². The van der Waals surface area contributed by atoms with Crippen LogP contribution in [0.15, 0.2) is 186 Å². The Hall–Kier alpha value is -7.04. The highest BCUT2D eigenvalue weighted by molar-refractivity contribution is 6.11. The first-order valence-electron chi connectivity index (χ1n) is 18.1. The van der Waals surface area contributed by atoms with Crippen LogP contribution in [0.3, 0.4) is 0 Å². The molecule has 0 radical (unpaired) electrons. The molecule has 250 valence electrons. The molecule has 0 unspecified atom stereocenters. The summed E-state index contributed by atoms with van der Waals surface area (Å²) in [6.07, 6.45) is 0. The molecule has 4 heteroatoms. The van der Waals surface area contributed by atoms with Gasteiger partial charge in [0, 0.05) is 66.8 Å².